The van der Waals surface area contributed by atoms with E-state index < -0.39 is 5.97 Å². The van der Waals surface area contributed by atoms with Crippen LogP contribution in [0.4, 0.5) is 4.39 Å². The first kappa shape index (κ1) is 13.6. The van der Waals surface area contributed by atoms with Crippen molar-refractivity contribution < 1.29 is 14.3 Å². The minimum absolute atomic E-state index is 0.110. The van der Waals surface area contributed by atoms with Crippen molar-refractivity contribution in [3.05, 3.63) is 35.1 Å². The van der Waals surface area contributed by atoms with Crippen LogP contribution in [-0.4, -0.2) is 17.6 Å². The topological polar surface area (TPSA) is 49.3 Å². The maximum absolute atomic E-state index is 13.4. The number of aromatic carboxylic acids is 1. The average molecular weight is 239 g/mol. The lowest BCUT2D eigenvalue weighted by Gasteiger charge is -2.19. The summed E-state index contributed by atoms with van der Waals surface area (Å²) in [6.07, 6.45) is 0. The quantitative estimate of drug-likeness (QED) is 0.849. The summed E-state index contributed by atoms with van der Waals surface area (Å²) in [5.74, 6) is -1.42. The number of hydrogen-bond donors (Lipinski definition) is 2. The van der Waals surface area contributed by atoms with E-state index in [-0.39, 0.29) is 16.8 Å². The van der Waals surface area contributed by atoms with E-state index in [0.29, 0.717) is 12.1 Å². The summed E-state index contributed by atoms with van der Waals surface area (Å²) in [5.41, 5.74) is 0.606. The van der Waals surface area contributed by atoms with Crippen LogP contribution in [-0.2, 0) is 6.54 Å². The third-order valence-corrected chi connectivity index (χ3v) is 2.26. The molecule has 1 rings (SSSR count). The average Bonchev–Trinajstić information content (AvgIpc) is 2.18. The largest absolute Gasteiger partial charge is 0.478 e. The molecule has 0 saturated carbocycles. The van der Waals surface area contributed by atoms with Crippen LogP contribution in [0.3, 0.4) is 0 Å². The van der Waals surface area contributed by atoms with Crippen LogP contribution in [0.15, 0.2) is 18.2 Å². The molecule has 0 atom stereocenters. The van der Waals surface area contributed by atoms with E-state index in [1.54, 1.807) is 0 Å². The Kier molecular flexibility index (Phi) is 4.23. The highest BCUT2D eigenvalue weighted by Crippen LogP contribution is 2.13. The van der Waals surface area contributed by atoms with Gasteiger partial charge in [0, 0.05) is 18.7 Å². The fourth-order valence-corrected chi connectivity index (χ4v) is 1.42. The minimum atomic E-state index is -1.04. The van der Waals surface area contributed by atoms with E-state index >= 15 is 0 Å². The van der Waals surface area contributed by atoms with Gasteiger partial charge in [0.15, 0.2) is 0 Å². The van der Waals surface area contributed by atoms with Crippen molar-refractivity contribution in [3.8, 4) is 0 Å². The third-order valence-electron chi connectivity index (χ3n) is 2.26. The summed E-state index contributed by atoms with van der Waals surface area (Å²) >= 11 is 0. The molecule has 0 fully saturated rings. The Morgan fingerprint density at radius 3 is 2.59 bits per heavy atom. The predicted molar refractivity (Wildman–Crippen MR) is 64.5 cm³/mol. The van der Waals surface area contributed by atoms with Crippen molar-refractivity contribution in [2.75, 3.05) is 6.54 Å². The van der Waals surface area contributed by atoms with Crippen molar-refractivity contribution in [2.45, 2.75) is 27.3 Å². The van der Waals surface area contributed by atoms with Gasteiger partial charge >= 0.3 is 5.97 Å². The highest BCUT2D eigenvalue weighted by molar-refractivity contribution is 5.87. The second kappa shape index (κ2) is 5.27. The number of nitrogens with one attached hydrogen (secondary N) is 1. The number of rotatable bonds is 4. The molecule has 0 bridgehead atoms. The molecule has 17 heavy (non-hydrogen) atoms. The van der Waals surface area contributed by atoms with E-state index in [1.165, 1.54) is 18.2 Å². The summed E-state index contributed by atoms with van der Waals surface area (Å²) < 4.78 is 13.4. The number of hydrogen-bond acceptors (Lipinski definition) is 2. The van der Waals surface area contributed by atoms with Gasteiger partial charge in [-0.3, -0.25) is 0 Å². The molecule has 0 amide bonds. The summed E-state index contributed by atoms with van der Waals surface area (Å²) in [6.45, 7) is 7.30. The van der Waals surface area contributed by atoms with Crippen LogP contribution >= 0.6 is 0 Å². The molecule has 0 unspecified atom stereocenters. The Bertz CT molecular complexity index is 410. The smallest absolute Gasteiger partial charge is 0.335 e. The highest BCUT2D eigenvalue weighted by Gasteiger charge is 2.11. The number of carboxylic acid groups (broad SMARTS) is 1. The van der Waals surface area contributed by atoms with Gasteiger partial charge in [0.1, 0.15) is 5.82 Å². The summed E-state index contributed by atoms with van der Waals surface area (Å²) in [7, 11) is 0. The van der Waals surface area contributed by atoms with Gasteiger partial charge in [-0.15, -0.1) is 0 Å². The van der Waals surface area contributed by atoms with Crippen LogP contribution in [0.2, 0.25) is 0 Å². The molecule has 1 aromatic rings. The van der Waals surface area contributed by atoms with E-state index in [2.05, 4.69) is 26.1 Å². The fraction of sp³-hybridized carbons (Fsp3) is 0.462. The van der Waals surface area contributed by atoms with Crippen molar-refractivity contribution in [2.24, 2.45) is 5.41 Å². The zero-order valence-corrected chi connectivity index (χ0v) is 10.4. The van der Waals surface area contributed by atoms with Crippen molar-refractivity contribution in [1.29, 1.82) is 0 Å². The van der Waals surface area contributed by atoms with Crippen LogP contribution < -0.4 is 5.32 Å². The molecule has 94 valence electrons. The number of benzene rings is 1. The Labute approximate surface area is 101 Å². The lowest BCUT2D eigenvalue weighted by molar-refractivity contribution is 0.0696. The summed E-state index contributed by atoms with van der Waals surface area (Å²) in [4.78, 5) is 10.8. The first-order valence-corrected chi connectivity index (χ1v) is 5.52. The molecular formula is C13H18FNO2. The zero-order valence-electron chi connectivity index (χ0n) is 10.4. The Morgan fingerprint density at radius 2 is 2.06 bits per heavy atom. The Hall–Kier alpha value is -1.42. The Morgan fingerprint density at radius 1 is 1.41 bits per heavy atom. The molecule has 0 aliphatic rings. The summed E-state index contributed by atoms with van der Waals surface area (Å²) in [6, 6.07) is 3.83. The van der Waals surface area contributed by atoms with Crippen LogP contribution in [0, 0.1) is 11.2 Å². The van der Waals surface area contributed by atoms with Gasteiger partial charge in [0.25, 0.3) is 0 Å². The second-order valence-electron chi connectivity index (χ2n) is 5.28. The van der Waals surface area contributed by atoms with Gasteiger partial charge in [-0.25, -0.2) is 9.18 Å². The van der Waals surface area contributed by atoms with Gasteiger partial charge in [-0.1, -0.05) is 20.8 Å². The van der Waals surface area contributed by atoms with Crippen LogP contribution in [0.25, 0.3) is 0 Å². The minimum Gasteiger partial charge on any atom is -0.478 e. The predicted octanol–water partition coefficient (Wildman–Crippen LogP) is 2.66. The molecule has 0 heterocycles. The normalized spacial score (nSPS) is 11.5. The second-order valence-corrected chi connectivity index (χ2v) is 5.28. The van der Waals surface area contributed by atoms with Crippen molar-refractivity contribution >= 4 is 5.97 Å². The maximum atomic E-state index is 13.4. The van der Waals surface area contributed by atoms with Crippen LogP contribution in [0.1, 0.15) is 36.7 Å². The standard InChI is InChI=1S/C13H18FNO2/c1-13(2,3)8-15-7-10-6-9(12(16)17)4-5-11(10)14/h4-6,15H,7-8H2,1-3H3,(H,16,17). The van der Waals surface area contributed by atoms with Gasteiger partial charge in [-0.2, -0.15) is 0 Å². The van der Waals surface area contributed by atoms with Crippen LogP contribution in [0.5, 0.6) is 0 Å². The van der Waals surface area contributed by atoms with E-state index in [0.717, 1.165) is 6.54 Å². The molecule has 0 aromatic heterocycles. The van der Waals surface area contributed by atoms with Gasteiger partial charge < -0.3 is 10.4 Å². The molecule has 4 heteroatoms. The first-order chi connectivity index (χ1) is 7.79. The molecular weight excluding hydrogens is 221 g/mol. The molecule has 0 aliphatic heterocycles. The van der Waals surface area contributed by atoms with Gasteiger partial charge in [0.2, 0.25) is 0 Å². The fourth-order valence-electron chi connectivity index (χ4n) is 1.42. The van der Waals surface area contributed by atoms with Crippen molar-refractivity contribution in [3.63, 3.8) is 0 Å². The van der Waals surface area contributed by atoms with Gasteiger partial charge in [0.05, 0.1) is 5.56 Å². The molecule has 0 radical (unpaired) electrons. The zero-order chi connectivity index (χ0) is 13.1. The third kappa shape index (κ3) is 4.53. The molecule has 3 nitrogen and oxygen atoms in total. The summed E-state index contributed by atoms with van der Waals surface area (Å²) in [5, 5.41) is 11.9. The van der Waals surface area contributed by atoms with E-state index in [9.17, 15) is 9.18 Å². The molecule has 0 spiro atoms. The molecule has 0 aliphatic carbocycles. The number of carboxylic acids is 1. The van der Waals surface area contributed by atoms with Crippen molar-refractivity contribution in [1.82, 2.24) is 5.32 Å². The number of halogens is 1. The van der Waals surface area contributed by atoms with E-state index in [4.69, 9.17) is 5.11 Å². The lowest BCUT2D eigenvalue weighted by Crippen LogP contribution is -2.26. The maximum Gasteiger partial charge on any atom is 0.335 e. The van der Waals surface area contributed by atoms with Gasteiger partial charge in [-0.05, 0) is 23.6 Å². The molecule has 0 saturated heterocycles. The molecule has 2 N–H and O–H groups in total. The molecule has 1 aromatic carbocycles. The lowest BCUT2D eigenvalue weighted by atomic mass is 9.97. The SMILES string of the molecule is CC(C)(C)CNCc1cc(C(=O)O)ccc1F. The van der Waals surface area contributed by atoms with E-state index in [1.807, 2.05) is 0 Å². The monoisotopic (exact) mass is 239 g/mol. The number of carbonyl (C=O) groups is 1. The highest BCUT2D eigenvalue weighted by atomic mass is 19.1. The first-order valence-electron chi connectivity index (χ1n) is 5.52. The Balaban J connectivity index is 2.70.